The van der Waals surface area contributed by atoms with E-state index in [1.54, 1.807) is 30.3 Å². The van der Waals surface area contributed by atoms with Gasteiger partial charge in [-0.3, -0.25) is 4.79 Å². The van der Waals surface area contributed by atoms with E-state index in [1.807, 2.05) is 0 Å². The Bertz CT molecular complexity index is 660. The van der Waals surface area contributed by atoms with E-state index in [2.05, 4.69) is 0 Å². The number of benzene rings is 2. The van der Waals surface area contributed by atoms with Gasteiger partial charge in [0.1, 0.15) is 6.10 Å². The predicted molar refractivity (Wildman–Crippen MR) is 84.2 cm³/mol. The van der Waals surface area contributed by atoms with E-state index in [0.29, 0.717) is 5.56 Å². The summed E-state index contributed by atoms with van der Waals surface area (Å²) in [6.07, 6.45) is -1.30. The third-order valence-electron chi connectivity index (χ3n) is 2.91. The van der Waals surface area contributed by atoms with Crippen molar-refractivity contribution in [1.82, 2.24) is 0 Å². The van der Waals surface area contributed by atoms with Crippen LogP contribution in [0.5, 0.6) is 0 Å². The van der Waals surface area contributed by atoms with Gasteiger partial charge in [-0.25, -0.2) is 9.59 Å². The molecular formula is C17H16O7. The van der Waals surface area contributed by atoms with Crippen molar-refractivity contribution in [2.24, 2.45) is 0 Å². The molecule has 0 amide bonds. The second-order valence-electron chi connectivity index (χ2n) is 4.62. The summed E-state index contributed by atoms with van der Waals surface area (Å²) < 4.78 is 0. The van der Waals surface area contributed by atoms with Crippen LogP contribution in [-0.2, 0) is 0 Å². The lowest BCUT2D eigenvalue weighted by atomic mass is 10.1. The number of aliphatic hydroxyl groups is 2. The summed E-state index contributed by atoms with van der Waals surface area (Å²) in [5.74, 6) is -2.57. The molecule has 0 spiro atoms. The Hall–Kier alpha value is -3.03. The number of hydrogen-bond acceptors (Lipinski definition) is 5. The van der Waals surface area contributed by atoms with Crippen molar-refractivity contribution >= 4 is 17.7 Å². The first-order valence-corrected chi connectivity index (χ1v) is 6.81. The van der Waals surface area contributed by atoms with Crippen molar-refractivity contribution in [3.63, 3.8) is 0 Å². The Morgan fingerprint density at radius 3 is 1.50 bits per heavy atom. The first kappa shape index (κ1) is 19.0. The van der Waals surface area contributed by atoms with Crippen molar-refractivity contribution in [2.75, 3.05) is 6.61 Å². The lowest BCUT2D eigenvalue weighted by molar-refractivity contribution is 0.0587. The zero-order valence-corrected chi connectivity index (χ0v) is 12.5. The minimum absolute atomic E-state index is 0.0833. The van der Waals surface area contributed by atoms with Crippen LogP contribution >= 0.6 is 0 Å². The quantitative estimate of drug-likeness (QED) is 0.607. The number of rotatable bonds is 5. The van der Waals surface area contributed by atoms with Crippen LogP contribution in [-0.4, -0.2) is 50.9 Å². The van der Waals surface area contributed by atoms with Gasteiger partial charge in [-0.05, 0) is 24.3 Å². The minimum atomic E-state index is -1.30. The molecule has 0 aromatic heterocycles. The smallest absolute Gasteiger partial charge is 0.335 e. The van der Waals surface area contributed by atoms with E-state index in [1.165, 1.54) is 24.3 Å². The lowest BCUT2D eigenvalue weighted by Gasteiger charge is -2.04. The van der Waals surface area contributed by atoms with E-state index in [9.17, 15) is 14.4 Å². The van der Waals surface area contributed by atoms with Gasteiger partial charge < -0.3 is 20.4 Å². The van der Waals surface area contributed by atoms with Crippen LogP contribution in [0.4, 0.5) is 0 Å². The van der Waals surface area contributed by atoms with E-state index < -0.39 is 30.4 Å². The topological polar surface area (TPSA) is 132 Å². The number of ketones is 1. The molecule has 1 atom stereocenters. The van der Waals surface area contributed by atoms with Gasteiger partial charge in [0.05, 0.1) is 17.7 Å². The van der Waals surface area contributed by atoms with Crippen LogP contribution < -0.4 is 0 Å². The van der Waals surface area contributed by atoms with Crippen LogP contribution in [0.3, 0.4) is 0 Å². The number of aliphatic hydroxyl groups excluding tert-OH is 2. The highest BCUT2D eigenvalue weighted by molar-refractivity contribution is 5.99. The molecule has 0 aliphatic carbocycles. The van der Waals surface area contributed by atoms with Gasteiger partial charge in [0.2, 0.25) is 0 Å². The first-order valence-electron chi connectivity index (χ1n) is 6.81. The van der Waals surface area contributed by atoms with E-state index in [0.717, 1.165) is 0 Å². The molecule has 0 fully saturated rings. The molecule has 0 aliphatic heterocycles. The third-order valence-corrected chi connectivity index (χ3v) is 2.91. The summed E-state index contributed by atoms with van der Waals surface area (Å²) in [5, 5.41) is 34.4. The average molecular weight is 332 g/mol. The Morgan fingerprint density at radius 2 is 1.17 bits per heavy atom. The first-order chi connectivity index (χ1) is 11.4. The van der Waals surface area contributed by atoms with Crippen LogP contribution in [0.2, 0.25) is 0 Å². The molecule has 4 N–H and O–H groups in total. The molecule has 2 rings (SSSR count). The molecule has 0 radical (unpaired) electrons. The molecule has 0 saturated carbocycles. The molecule has 0 bridgehead atoms. The number of carbonyl (C=O) groups is 3. The van der Waals surface area contributed by atoms with Crippen molar-refractivity contribution in [3.05, 3.63) is 71.3 Å². The SMILES string of the molecule is O=C(O)c1ccc(C(=O)O)cc1.O=C(c1ccccc1)C(O)CO. The molecular weight excluding hydrogens is 316 g/mol. The monoisotopic (exact) mass is 332 g/mol. The van der Waals surface area contributed by atoms with Gasteiger partial charge in [0.15, 0.2) is 5.78 Å². The number of hydrogen-bond donors (Lipinski definition) is 4. The fourth-order valence-electron chi connectivity index (χ4n) is 1.63. The van der Waals surface area contributed by atoms with Crippen LogP contribution in [0.25, 0.3) is 0 Å². The normalized spacial score (nSPS) is 10.9. The molecule has 1 unspecified atom stereocenters. The highest BCUT2D eigenvalue weighted by Crippen LogP contribution is 2.04. The maximum Gasteiger partial charge on any atom is 0.335 e. The number of carboxylic acid groups (broad SMARTS) is 2. The standard InChI is InChI=1S/C9H10O3.C8H6O4/c10-6-8(11)9(12)7-4-2-1-3-5-7;9-7(10)5-1-2-6(4-3-5)8(11)12/h1-5,8,10-11H,6H2;1-4H,(H,9,10)(H,11,12). The maximum atomic E-state index is 11.2. The van der Waals surface area contributed by atoms with Gasteiger partial charge in [0.25, 0.3) is 0 Å². The molecule has 0 heterocycles. The van der Waals surface area contributed by atoms with Gasteiger partial charge in [-0.15, -0.1) is 0 Å². The summed E-state index contributed by atoms with van der Waals surface area (Å²) in [4.78, 5) is 31.8. The summed E-state index contributed by atoms with van der Waals surface area (Å²) in [6, 6.07) is 13.4. The highest BCUT2D eigenvalue weighted by Gasteiger charge is 2.14. The van der Waals surface area contributed by atoms with Gasteiger partial charge >= 0.3 is 11.9 Å². The largest absolute Gasteiger partial charge is 0.478 e. The maximum absolute atomic E-state index is 11.2. The molecule has 2 aromatic rings. The van der Waals surface area contributed by atoms with E-state index in [-0.39, 0.29) is 11.1 Å². The number of Topliss-reactive ketones (excluding diaryl/α,β-unsaturated/α-hetero) is 1. The average Bonchev–Trinajstić information content (AvgIpc) is 2.61. The fourth-order valence-corrected chi connectivity index (χ4v) is 1.63. The van der Waals surface area contributed by atoms with Crippen molar-refractivity contribution in [1.29, 1.82) is 0 Å². The highest BCUT2D eigenvalue weighted by atomic mass is 16.4. The number of carboxylic acids is 2. The van der Waals surface area contributed by atoms with E-state index >= 15 is 0 Å². The second kappa shape index (κ2) is 9.19. The van der Waals surface area contributed by atoms with Crippen molar-refractivity contribution in [2.45, 2.75) is 6.10 Å². The van der Waals surface area contributed by atoms with Crippen LogP contribution in [0, 0.1) is 0 Å². The summed E-state index contributed by atoms with van der Waals surface area (Å²) >= 11 is 0. The molecule has 126 valence electrons. The lowest BCUT2D eigenvalue weighted by Crippen LogP contribution is -2.24. The zero-order valence-electron chi connectivity index (χ0n) is 12.5. The molecule has 24 heavy (non-hydrogen) atoms. The molecule has 2 aromatic carbocycles. The fraction of sp³-hybridized carbons (Fsp3) is 0.118. The number of aromatic carboxylic acids is 2. The van der Waals surface area contributed by atoms with Gasteiger partial charge in [0, 0.05) is 5.56 Å². The second-order valence-corrected chi connectivity index (χ2v) is 4.62. The zero-order chi connectivity index (χ0) is 18.1. The summed E-state index contributed by atoms with van der Waals surface area (Å²) in [7, 11) is 0. The molecule has 0 aliphatic rings. The molecule has 0 saturated heterocycles. The van der Waals surface area contributed by atoms with Crippen LogP contribution in [0.15, 0.2) is 54.6 Å². The summed E-state index contributed by atoms with van der Waals surface area (Å²) in [6.45, 7) is -0.534. The van der Waals surface area contributed by atoms with Crippen molar-refractivity contribution < 1.29 is 34.8 Å². The number of carbonyl (C=O) groups excluding carboxylic acids is 1. The van der Waals surface area contributed by atoms with Gasteiger partial charge in [-0.1, -0.05) is 30.3 Å². The van der Waals surface area contributed by atoms with E-state index in [4.69, 9.17) is 20.4 Å². The Balaban J connectivity index is 0.000000240. The van der Waals surface area contributed by atoms with Gasteiger partial charge in [-0.2, -0.15) is 0 Å². The third kappa shape index (κ3) is 5.64. The molecule has 7 nitrogen and oxygen atoms in total. The predicted octanol–water partition coefficient (Wildman–Crippen LogP) is 1.31. The Morgan fingerprint density at radius 1 is 0.750 bits per heavy atom. The Labute approximate surface area is 137 Å². The minimum Gasteiger partial charge on any atom is -0.478 e. The van der Waals surface area contributed by atoms with Crippen LogP contribution in [0.1, 0.15) is 31.1 Å². The van der Waals surface area contributed by atoms with Crippen molar-refractivity contribution in [3.8, 4) is 0 Å². The summed E-state index contributed by atoms with van der Waals surface area (Å²) in [5.41, 5.74) is 0.582. The molecule has 7 heteroatoms. The Kier molecular flexibility index (Phi) is 7.28.